The number of pyridine rings is 1. The molecule has 3 nitrogen and oxygen atoms in total. The van der Waals surface area contributed by atoms with Crippen LogP contribution in [-0.2, 0) is 5.41 Å². The molecule has 0 N–H and O–H groups in total. The largest absolute Gasteiger partial charge is 0.497 e. The van der Waals surface area contributed by atoms with Gasteiger partial charge in [-0.3, -0.25) is 4.98 Å². The van der Waals surface area contributed by atoms with E-state index in [0.717, 1.165) is 17.0 Å². The molecule has 0 amide bonds. The third-order valence-electron chi connectivity index (χ3n) is 5.55. The first kappa shape index (κ1) is 14.7. The highest BCUT2D eigenvalue weighted by Gasteiger charge is 2.39. The minimum absolute atomic E-state index is 0.349. The van der Waals surface area contributed by atoms with Crippen LogP contribution >= 0.6 is 0 Å². The highest BCUT2D eigenvalue weighted by atomic mass is 16.5. The number of benzene rings is 1. The third-order valence-corrected chi connectivity index (χ3v) is 5.55. The molecule has 1 aromatic heterocycles. The number of nitrogens with zero attached hydrogens (tertiary/aromatic N) is 2. The normalized spacial score (nSPS) is 26.7. The van der Waals surface area contributed by atoms with Gasteiger partial charge in [0.25, 0.3) is 0 Å². The fourth-order valence-corrected chi connectivity index (χ4v) is 4.28. The summed E-state index contributed by atoms with van der Waals surface area (Å²) in [4.78, 5) is 7.39. The van der Waals surface area contributed by atoms with Crippen molar-refractivity contribution in [2.45, 2.75) is 31.1 Å². The van der Waals surface area contributed by atoms with Crippen LogP contribution in [-0.4, -0.2) is 36.6 Å². The van der Waals surface area contributed by atoms with E-state index in [0.29, 0.717) is 5.41 Å². The van der Waals surface area contributed by atoms with Crippen molar-refractivity contribution in [1.29, 1.82) is 0 Å². The summed E-state index contributed by atoms with van der Waals surface area (Å²) >= 11 is 0. The van der Waals surface area contributed by atoms with Gasteiger partial charge >= 0.3 is 0 Å². The fraction of sp³-hybridized carbons (Fsp3) is 0.450. The van der Waals surface area contributed by atoms with Gasteiger partial charge in [-0.15, -0.1) is 0 Å². The van der Waals surface area contributed by atoms with Crippen LogP contribution in [0.25, 0.3) is 11.3 Å². The summed E-state index contributed by atoms with van der Waals surface area (Å²) in [5.74, 6) is 0.883. The molecular formula is C20H24N2O. The number of hydrogen-bond donors (Lipinski definition) is 0. The highest BCUT2D eigenvalue weighted by Crippen LogP contribution is 2.41. The van der Waals surface area contributed by atoms with Gasteiger partial charge < -0.3 is 9.64 Å². The van der Waals surface area contributed by atoms with E-state index < -0.39 is 0 Å². The molecule has 2 fully saturated rings. The molecule has 0 atom stereocenters. The Hall–Kier alpha value is -1.87. The number of ether oxygens (including phenoxy) is 1. The molecule has 0 radical (unpaired) electrons. The van der Waals surface area contributed by atoms with E-state index in [-0.39, 0.29) is 0 Å². The second-order valence-electron chi connectivity index (χ2n) is 6.92. The van der Waals surface area contributed by atoms with E-state index in [1.807, 2.05) is 12.1 Å². The lowest BCUT2D eigenvalue weighted by molar-refractivity contribution is 0.0941. The van der Waals surface area contributed by atoms with Crippen LogP contribution in [0.1, 0.15) is 31.2 Å². The second-order valence-corrected chi connectivity index (χ2v) is 6.92. The van der Waals surface area contributed by atoms with Gasteiger partial charge in [-0.25, -0.2) is 0 Å². The number of rotatable bonds is 3. The molecule has 2 saturated heterocycles. The molecule has 2 aromatic rings. The van der Waals surface area contributed by atoms with Gasteiger partial charge in [0, 0.05) is 23.7 Å². The van der Waals surface area contributed by atoms with Crippen LogP contribution in [0.2, 0.25) is 0 Å². The lowest BCUT2D eigenvalue weighted by Gasteiger charge is -2.47. The minimum Gasteiger partial charge on any atom is -0.497 e. The maximum absolute atomic E-state index is 5.22. The van der Waals surface area contributed by atoms with Crippen molar-refractivity contribution in [1.82, 2.24) is 9.88 Å². The Morgan fingerprint density at radius 3 is 2.35 bits per heavy atom. The molecule has 1 aromatic carbocycles. The summed E-state index contributed by atoms with van der Waals surface area (Å²) in [6, 6.07) is 12.6. The van der Waals surface area contributed by atoms with Gasteiger partial charge in [0.05, 0.1) is 12.8 Å². The zero-order valence-electron chi connectivity index (χ0n) is 13.8. The van der Waals surface area contributed by atoms with Crippen molar-refractivity contribution in [3.05, 3.63) is 48.2 Å². The standard InChI is InChI=1S/C20H24N2O/c1-23-18-7-4-16(5-8-18)19-9-6-17(14-21-19)20-10-2-12-22(15-20)13-3-11-20/h4-9,14H,2-3,10-13,15H2,1H3. The van der Waals surface area contributed by atoms with Crippen molar-refractivity contribution >= 4 is 0 Å². The van der Waals surface area contributed by atoms with Crippen LogP contribution < -0.4 is 4.74 Å². The van der Waals surface area contributed by atoms with Crippen molar-refractivity contribution < 1.29 is 4.74 Å². The number of aromatic nitrogens is 1. The van der Waals surface area contributed by atoms with Gasteiger partial charge in [0.15, 0.2) is 0 Å². The lowest BCUT2D eigenvalue weighted by atomic mass is 9.69. The fourth-order valence-electron chi connectivity index (χ4n) is 4.28. The first-order valence-electron chi connectivity index (χ1n) is 8.62. The van der Waals surface area contributed by atoms with Gasteiger partial charge in [0.1, 0.15) is 5.75 Å². The average Bonchev–Trinajstić information content (AvgIpc) is 2.62. The predicted molar refractivity (Wildman–Crippen MR) is 92.8 cm³/mol. The Kier molecular flexibility index (Phi) is 3.82. The molecule has 4 rings (SSSR count). The molecule has 0 spiro atoms. The van der Waals surface area contributed by atoms with E-state index in [1.54, 1.807) is 7.11 Å². The SMILES string of the molecule is COc1ccc(-c2ccc(C34CCCN(CCC3)C4)cn2)cc1. The summed E-state index contributed by atoms with van der Waals surface area (Å²) in [6.45, 7) is 3.77. The van der Waals surface area contributed by atoms with Crippen LogP contribution in [0.4, 0.5) is 0 Å². The molecule has 120 valence electrons. The molecule has 0 saturated carbocycles. The van der Waals surface area contributed by atoms with E-state index >= 15 is 0 Å². The molecule has 0 aliphatic carbocycles. The Labute approximate surface area is 138 Å². The second kappa shape index (κ2) is 5.97. The molecule has 2 aliphatic heterocycles. The monoisotopic (exact) mass is 308 g/mol. The quantitative estimate of drug-likeness (QED) is 0.860. The van der Waals surface area contributed by atoms with Crippen molar-refractivity contribution in [3.8, 4) is 17.0 Å². The maximum atomic E-state index is 5.22. The van der Waals surface area contributed by atoms with E-state index in [2.05, 4.69) is 35.4 Å². The highest BCUT2D eigenvalue weighted by molar-refractivity contribution is 5.60. The summed E-state index contributed by atoms with van der Waals surface area (Å²) in [7, 11) is 1.69. The summed E-state index contributed by atoms with van der Waals surface area (Å²) in [6.07, 6.45) is 7.38. The minimum atomic E-state index is 0.349. The predicted octanol–water partition coefficient (Wildman–Crippen LogP) is 3.88. The summed E-state index contributed by atoms with van der Waals surface area (Å²) < 4.78 is 5.22. The van der Waals surface area contributed by atoms with Crippen LogP contribution in [0.5, 0.6) is 5.75 Å². The lowest BCUT2D eigenvalue weighted by Crippen LogP contribution is -2.50. The van der Waals surface area contributed by atoms with Crippen LogP contribution in [0.3, 0.4) is 0 Å². The first-order valence-corrected chi connectivity index (χ1v) is 8.62. The van der Waals surface area contributed by atoms with Crippen molar-refractivity contribution in [2.75, 3.05) is 26.7 Å². The molecule has 3 heterocycles. The smallest absolute Gasteiger partial charge is 0.118 e. The Morgan fingerprint density at radius 2 is 1.74 bits per heavy atom. The Balaban J connectivity index is 1.60. The topological polar surface area (TPSA) is 25.4 Å². The van der Waals surface area contributed by atoms with Gasteiger partial charge in [-0.1, -0.05) is 6.07 Å². The van der Waals surface area contributed by atoms with Crippen LogP contribution in [0, 0.1) is 0 Å². The summed E-state index contributed by atoms with van der Waals surface area (Å²) in [5, 5.41) is 0. The number of hydrogen-bond acceptors (Lipinski definition) is 3. The molecule has 2 bridgehead atoms. The van der Waals surface area contributed by atoms with Gasteiger partial charge in [-0.2, -0.15) is 0 Å². The van der Waals surface area contributed by atoms with Crippen LogP contribution in [0.15, 0.2) is 42.6 Å². The summed E-state index contributed by atoms with van der Waals surface area (Å²) in [5.41, 5.74) is 3.96. The number of fused-ring (bicyclic) bond motifs is 2. The van der Waals surface area contributed by atoms with Crippen molar-refractivity contribution in [3.63, 3.8) is 0 Å². The van der Waals surface area contributed by atoms with Crippen molar-refractivity contribution in [2.24, 2.45) is 0 Å². The van der Waals surface area contributed by atoms with E-state index in [9.17, 15) is 0 Å². The molecule has 0 unspecified atom stereocenters. The average molecular weight is 308 g/mol. The number of methoxy groups -OCH3 is 1. The molecule has 23 heavy (non-hydrogen) atoms. The number of piperidine rings is 2. The zero-order chi connectivity index (χ0) is 15.7. The molecule has 3 heteroatoms. The van der Waals surface area contributed by atoms with Gasteiger partial charge in [-0.05, 0) is 74.7 Å². The molecular weight excluding hydrogens is 284 g/mol. The Morgan fingerprint density at radius 1 is 1.00 bits per heavy atom. The van der Waals surface area contributed by atoms with E-state index in [1.165, 1.54) is 50.9 Å². The first-order chi connectivity index (χ1) is 11.3. The zero-order valence-corrected chi connectivity index (χ0v) is 13.8. The maximum Gasteiger partial charge on any atom is 0.118 e. The Bertz CT molecular complexity index is 653. The molecule has 2 aliphatic rings. The van der Waals surface area contributed by atoms with E-state index in [4.69, 9.17) is 9.72 Å². The van der Waals surface area contributed by atoms with Gasteiger partial charge in [0.2, 0.25) is 0 Å². The third kappa shape index (κ3) is 2.74.